The minimum absolute atomic E-state index is 0.195. The van der Waals surface area contributed by atoms with E-state index in [1.54, 1.807) is 0 Å². The van der Waals surface area contributed by atoms with E-state index < -0.39 is 0 Å². The smallest absolute Gasteiger partial charge is 0.0851 e. The van der Waals surface area contributed by atoms with E-state index >= 15 is 0 Å². The second-order valence-corrected chi connectivity index (χ2v) is 10.4. The average molecular weight is 491 g/mol. The van der Waals surface area contributed by atoms with Crippen LogP contribution in [0.2, 0.25) is 10.0 Å². The second-order valence-electron chi connectivity index (χ2n) is 9.62. The van der Waals surface area contributed by atoms with Crippen LogP contribution in [-0.2, 0) is 51.1 Å². The summed E-state index contributed by atoms with van der Waals surface area (Å²) in [4.78, 5) is 0. The number of hydrogen-bond acceptors (Lipinski definition) is 6. The zero-order chi connectivity index (χ0) is 22.7. The Balaban J connectivity index is 1.38. The fourth-order valence-electron chi connectivity index (χ4n) is 4.60. The molecule has 4 saturated heterocycles. The molecular formula is C25H28Cl2N2O4. The van der Waals surface area contributed by atoms with Crippen LogP contribution in [0.1, 0.15) is 33.4 Å². The summed E-state index contributed by atoms with van der Waals surface area (Å²) in [7, 11) is 0. The van der Waals surface area contributed by atoms with Crippen molar-refractivity contribution in [2.45, 2.75) is 56.5 Å². The summed E-state index contributed by atoms with van der Waals surface area (Å²) in [5.74, 6) is 0. The highest BCUT2D eigenvalue weighted by Crippen LogP contribution is 2.39. The molecular weight excluding hydrogens is 463 g/mol. The van der Waals surface area contributed by atoms with Crippen LogP contribution in [-0.4, -0.2) is 50.8 Å². The van der Waals surface area contributed by atoms with E-state index in [9.17, 15) is 0 Å². The molecule has 0 aromatic heterocycles. The Morgan fingerprint density at radius 3 is 1.27 bits per heavy atom. The molecule has 4 aliphatic heterocycles. The van der Waals surface area contributed by atoms with Crippen LogP contribution in [0.15, 0.2) is 12.1 Å². The summed E-state index contributed by atoms with van der Waals surface area (Å²) in [5, 5.41) is 1.41. The first-order chi connectivity index (χ1) is 16.0. The van der Waals surface area contributed by atoms with E-state index in [1.165, 1.54) is 0 Å². The van der Waals surface area contributed by atoms with Crippen molar-refractivity contribution in [2.75, 3.05) is 37.9 Å². The van der Waals surface area contributed by atoms with Gasteiger partial charge < -0.3 is 30.4 Å². The molecule has 0 amide bonds. The number of hydrogen-bond donors (Lipinski definition) is 2. The Kier molecular flexibility index (Phi) is 5.72. The molecule has 2 aromatic carbocycles. The number of epoxide rings is 4. The number of nitrogens with two attached hydrogens (primary N) is 2. The quantitative estimate of drug-likeness (QED) is 0.390. The van der Waals surface area contributed by atoms with Gasteiger partial charge in [-0.1, -0.05) is 35.3 Å². The molecule has 6 nitrogen and oxygen atoms in total. The summed E-state index contributed by atoms with van der Waals surface area (Å²) in [6.45, 7) is 3.07. The van der Waals surface area contributed by atoms with Gasteiger partial charge in [-0.25, -0.2) is 0 Å². The third-order valence-corrected chi connectivity index (χ3v) is 7.82. The SMILES string of the molecule is Nc1c(CC2CO2)cc(Cc2cc(CC3CO3)c(N)c(CC3CO3)c2Cl)c(Cl)c1CC1CO1. The largest absolute Gasteiger partial charge is 0.398 e. The maximum absolute atomic E-state index is 6.94. The van der Waals surface area contributed by atoms with Crippen LogP contribution >= 0.6 is 23.2 Å². The Hall–Kier alpha value is -1.54. The highest BCUT2D eigenvalue weighted by Gasteiger charge is 2.31. The van der Waals surface area contributed by atoms with Gasteiger partial charge in [0.2, 0.25) is 0 Å². The zero-order valence-corrected chi connectivity index (χ0v) is 19.9. The number of rotatable bonds is 10. The number of ether oxygens (including phenoxy) is 4. The second kappa shape index (κ2) is 8.59. The third-order valence-electron chi connectivity index (χ3n) is 6.88. The Bertz CT molecular complexity index is 1010. The minimum Gasteiger partial charge on any atom is -0.398 e. The van der Waals surface area contributed by atoms with Gasteiger partial charge in [0.25, 0.3) is 0 Å². The van der Waals surface area contributed by atoms with Crippen LogP contribution in [0.25, 0.3) is 0 Å². The lowest BCUT2D eigenvalue weighted by Crippen LogP contribution is -2.11. The van der Waals surface area contributed by atoms with E-state index in [1.807, 2.05) is 0 Å². The first-order valence-electron chi connectivity index (χ1n) is 11.6. The summed E-state index contributed by atoms with van der Waals surface area (Å²) in [6.07, 6.45) is 4.50. The molecule has 33 heavy (non-hydrogen) atoms. The molecule has 4 fully saturated rings. The van der Waals surface area contributed by atoms with Gasteiger partial charge in [-0.15, -0.1) is 0 Å². The Morgan fingerprint density at radius 2 is 0.939 bits per heavy atom. The number of halogens is 2. The van der Waals surface area contributed by atoms with Crippen molar-refractivity contribution in [2.24, 2.45) is 0 Å². The van der Waals surface area contributed by atoms with Crippen molar-refractivity contribution in [3.8, 4) is 0 Å². The minimum atomic E-state index is 0.195. The summed E-state index contributed by atoms with van der Waals surface area (Å²) in [6, 6.07) is 4.24. The lowest BCUT2D eigenvalue weighted by molar-refractivity contribution is 0.406. The van der Waals surface area contributed by atoms with Crippen LogP contribution in [0.3, 0.4) is 0 Å². The highest BCUT2D eigenvalue weighted by molar-refractivity contribution is 6.33. The molecule has 0 radical (unpaired) electrons. The van der Waals surface area contributed by atoms with Gasteiger partial charge in [-0.3, -0.25) is 0 Å². The van der Waals surface area contributed by atoms with Crippen molar-refractivity contribution >= 4 is 34.6 Å². The molecule has 4 aliphatic rings. The van der Waals surface area contributed by atoms with Gasteiger partial charge in [0.1, 0.15) is 0 Å². The molecule has 0 bridgehead atoms. The lowest BCUT2D eigenvalue weighted by Gasteiger charge is -2.19. The predicted octanol–water partition coefficient (Wildman–Crippen LogP) is 3.51. The first kappa shape index (κ1) is 22.0. The molecule has 8 heteroatoms. The summed E-state index contributed by atoms with van der Waals surface area (Å²) in [5.41, 5.74) is 20.8. The van der Waals surface area contributed by atoms with Gasteiger partial charge in [0, 0.05) is 53.5 Å². The third kappa shape index (κ3) is 4.97. The summed E-state index contributed by atoms with van der Waals surface area (Å²) < 4.78 is 21.9. The molecule has 2 aromatic rings. The highest BCUT2D eigenvalue weighted by atomic mass is 35.5. The van der Waals surface area contributed by atoms with E-state index in [2.05, 4.69) is 12.1 Å². The van der Waals surface area contributed by atoms with Crippen molar-refractivity contribution in [1.82, 2.24) is 0 Å². The van der Waals surface area contributed by atoms with Gasteiger partial charge >= 0.3 is 0 Å². The van der Waals surface area contributed by atoms with Crippen LogP contribution in [0.5, 0.6) is 0 Å². The Morgan fingerprint density at radius 1 is 0.606 bits per heavy atom. The molecule has 0 aliphatic carbocycles. The van der Waals surface area contributed by atoms with Gasteiger partial charge in [0.15, 0.2) is 0 Å². The van der Waals surface area contributed by atoms with E-state index in [-0.39, 0.29) is 24.4 Å². The topological polar surface area (TPSA) is 102 Å². The van der Waals surface area contributed by atoms with Crippen molar-refractivity contribution < 1.29 is 18.9 Å². The van der Waals surface area contributed by atoms with Gasteiger partial charge in [0.05, 0.1) is 50.8 Å². The maximum atomic E-state index is 6.94. The first-order valence-corrected chi connectivity index (χ1v) is 12.4. The fourth-order valence-corrected chi connectivity index (χ4v) is 5.20. The molecule has 0 spiro atoms. The molecule has 6 rings (SSSR count). The standard InChI is InChI=1S/C25H28Cl2N2O4/c26-22-12(2-14(4-16-8-30-16)24(28)20(22)6-18-10-32-18)1-13-3-15(5-17-9-31-17)25(29)21(23(13)27)7-19-11-33-19/h2-3,16-19H,1,4-11,28-29H2. The van der Waals surface area contributed by atoms with Crippen LogP contribution in [0, 0.1) is 0 Å². The Labute approximate surface area is 203 Å². The van der Waals surface area contributed by atoms with Crippen LogP contribution < -0.4 is 11.5 Å². The molecule has 4 atom stereocenters. The van der Waals surface area contributed by atoms with E-state index in [0.29, 0.717) is 16.5 Å². The predicted molar refractivity (Wildman–Crippen MR) is 128 cm³/mol. The monoisotopic (exact) mass is 490 g/mol. The molecule has 4 N–H and O–H groups in total. The number of nitrogen functional groups attached to an aromatic ring is 2. The normalized spacial score (nSPS) is 27.0. The number of benzene rings is 2. The average Bonchev–Trinajstić information content (AvgIpc) is 3.62. The molecule has 4 unspecified atom stereocenters. The fraction of sp³-hybridized carbons (Fsp3) is 0.520. The zero-order valence-electron chi connectivity index (χ0n) is 18.4. The summed E-state index contributed by atoms with van der Waals surface area (Å²) >= 11 is 13.9. The molecule has 176 valence electrons. The van der Waals surface area contributed by atoms with Crippen molar-refractivity contribution in [1.29, 1.82) is 0 Å². The van der Waals surface area contributed by atoms with E-state index in [4.69, 9.17) is 53.6 Å². The van der Waals surface area contributed by atoms with Crippen LogP contribution in [0.4, 0.5) is 11.4 Å². The number of anilines is 2. The maximum Gasteiger partial charge on any atom is 0.0851 e. The van der Waals surface area contributed by atoms with Gasteiger partial charge in [-0.2, -0.15) is 0 Å². The van der Waals surface area contributed by atoms with Crippen molar-refractivity contribution in [3.63, 3.8) is 0 Å². The molecule has 4 heterocycles. The van der Waals surface area contributed by atoms with Crippen molar-refractivity contribution in [3.05, 3.63) is 55.6 Å². The van der Waals surface area contributed by atoms with Gasteiger partial charge in [-0.05, 0) is 33.4 Å². The lowest BCUT2D eigenvalue weighted by atomic mass is 9.91. The molecule has 0 saturated carbocycles. The van der Waals surface area contributed by atoms with E-state index in [0.717, 1.165) is 96.9 Å².